The summed E-state index contributed by atoms with van der Waals surface area (Å²) in [6, 6.07) is 64.7. The summed E-state index contributed by atoms with van der Waals surface area (Å²) >= 11 is 0. The monoisotopic (exact) mass is 824 g/mol. The van der Waals surface area contributed by atoms with Crippen LogP contribution in [0.25, 0.3) is 0 Å². The van der Waals surface area contributed by atoms with Crippen molar-refractivity contribution in [2.24, 2.45) is 0 Å². The van der Waals surface area contributed by atoms with E-state index in [1.807, 2.05) is 0 Å². The molecular weight excluding hydrogens is 781 g/mol. The van der Waals surface area contributed by atoms with Crippen molar-refractivity contribution < 1.29 is 31.2 Å². The summed E-state index contributed by atoms with van der Waals surface area (Å²) in [5.74, 6) is 0. The van der Waals surface area contributed by atoms with Crippen LogP contribution in [0.1, 0.15) is 20.8 Å². The molecular formula is C41H43O2P2Pt-. The van der Waals surface area contributed by atoms with Gasteiger partial charge in [-0.2, -0.15) is 0 Å². The molecule has 0 unspecified atom stereocenters. The quantitative estimate of drug-likeness (QED) is 0.0790. The van der Waals surface area contributed by atoms with E-state index in [1.54, 1.807) is 20.8 Å². The fourth-order valence-corrected chi connectivity index (χ4v) is 8.97. The zero-order valence-corrected chi connectivity index (χ0v) is 30.9. The Bertz CT molecular complexity index is 1290. The van der Waals surface area contributed by atoms with Crippen molar-refractivity contribution in [2.75, 3.05) is 0 Å². The fourth-order valence-electron chi connectivity index (χ4n) is 4.36. The molecule has 0 saturated heterocycles. The molecule has 0 aliphatic rings. The first-order valence-electron chi connectivity index (χ1n) is 14.7. The van der Waals surface area contributed by atoms with E-state index in [2.05, 4.69) is 187 Å². The second-order valence-electron chi connectivity index (χ2n) is 10.9. The molecule has 0 radical (unpaired) electrons. The summed E-state index contributed by atoms with van der Waals surface area (Å²) in [5, 5.41) is 16.3. The molecule has 0 aliphatic carbocycles. The van der Waals surface area contributed by atoms with E-state index in [-0.39, 0.29) is 28.5 Å². The van der Waals surface area contributed by atoms with E-state index in [0.717, 1.165) is 0 Å². The van der Waals surface area contributed by atoms with Gasteiger partial charge in [-0.05, 0) is 68.4 Å². The third-order valence-electron chi connectivity index (χ3n) is 6.36. The molecule has 0 atom stereocenters. The van der Waals surface area contributed by atoms with Crippen LogP contribution in [0.4, 0.5) is 0 Å². The van der Waals surface area contributed by atoms with E-state index in [9.17, 15) is 0 Å². The molecule has 0 amide bonds. The summed E-state index contributed by atoms with van der Waals surface area (Å²) in [7, 11) is -0.892. The molecule has 0 aliphatic heterocycles. The average molecular weight is 825 g/mol. The van der Waals surface area contributed by atoms with Crippen molar-refractivity contribution in [1.29, 1.82) is 0 Å². The van der Waals surface area contributed by atoms with E-state index in [0.29, 0.717) is 0 Å². The van der Waals surface area contributed by atoms with Crippen LogP contribution in [-0.4, -0.2) is 10.9 Å². The molecule has 240 valence electrons. The summed E-state index contributed by atoms with van der Waals surface area (Å²) < 4.78 is 0. The van der Waals surface area contributed by atoms with Crippen LogP contribution in [0.15, 0.2) is 182 Å². The Kier molecular flexibility index (Phi) is 17.6. The van der Waals surface area contributed by atoms with Crippen LogP contribution >= 0.6 is 15.8 Å². The molecule has 0 saturated carbocycles. The van der Waals surface area contributed by atoms with Gasteiger partial charge in [0.05, 0.1) is 5.60 Å². The zero-order chi connectivity index (χ0) is 31.0. The zero-order valence-electron chi connectivity index (χ0n) is 26.9. The Hall–Kier alpha value is -3.21. The van der Waals surface area contributed by atoms with Crippen LogP contribution in [0.2, 0.25) is 0 Å². The summed E-state index contributed by atoms with van der Waals surface area (Å²) in [4.78, 5) is 3.94. The minimum Gasteiger partial charge on any atom is -0.358 e. The van der Waals surface area contributed by atoms with Gasteiger partial charge in [0, 0.05) is 21.1 Å². The minimum absolute atomic E-state index is 0. The third-order valence-corrected chi connectivity index (χ3v) is 11.2. The van der Waals surface area contributed by atoms with Crippen molar-refractivity contribution in [3.8, 4) is 0 Å². The van der Waals surface area contributed by atoms with Crippen LogP contribution in [0.3, 0.4) is 0 Å². The van der Waals surface area contributed by atoms with Crippen molar-refractivity contribution in [2.45, 2.75) is 26.4 Å². The SMILES string of the molecule is CC(C)(C)OO.[CH3-].[Pt].c1ccc(P(c2ccccc2)c2ccccc2)cc1.c1ccc(P(c2ccccc2)c2ccccc2)cc1. The number of benzene rings is 6. The number of rotatable bonds is 6. The first kappa shape index (κ1) is 39.0. The molecule has 0 heterocycles. The fraction of sp³-hybridized carbons (Fsp3) is 0.0976. The van der Waals surface area contributed by atoms with Crippen LogP contribution in [-0.2, 0) is 26.0 Å². The Morgan fingerprint density at radius 3 is 0.609 bits per heavy atom. The molecule has 46 heavy (non-hydrogen) atoms. The van der Waals surface area contributed by atoms with Crippen LogP contribution in [0, 0.1) is 7.43 Å². The Balaban J connectivity index is 0.000000263. The number of hydrogen-bond acceptors (Lipinski definition) is 2. The predicted molar refractivity (Wildman–Crippen MR) is 200 cm³/mol. The van der Waals surface area contributed by atoms with E-state index in [1.165, 1.54) is 31.8 Å². The van der Waals surface area contributed by atoms with Gasteiger partial charge in [-0.1, -0.05) is 182 Å². The smallest absolute Gasteiger partial charge is 0.0949 e. The summed E-state index contributed by atoms with van der Waals surface area (Å²) in [6.07, 6.45) is 0. The van der Waals surface area contributed by atoms with Gasteiger partial charge >= 0.3 is 0 Å². The molecule has 0 aromatic heterocycles. The van der Waals surface area contributed by atoms with E-state index < -0.39 is 21.4 Å². The molecule has 6 aromatic rings. The van der Waals surface area contributed by atoms with Gasteiger partial charge in [0.1, 0.15) is 0 Å². The number of hydrogen-bond donors (Lipinski definition) is 1. The molecule has 6 rings (SSSR count). The Morgan fingerprint density at radius 1 is 0.370 bits per heavy atom. The second kappa shape index (κ2) is 20.8. The van der Waals surface area contributed by atoms with E-state index >= 15 is 0 Å². The summed E-state index contributed by atoms with van der Waals surface area (Å²) in [5.41, 5.74) is -0.403. The second-order valence-corrected chi connectivity index (χ2v) is 15.3. The first-order chi connectivity index (χ1) is 21.5. The van der Waals surface area contributed by atoms with Gasteiger partial charge in [0.15, 0.2) is 0 Å². The molecule has 6 aromatic carbocycles. The normalized spacial score (nSPS) is 10.3. The molecule has 0 bridgehead atoms. The molecule has 5 heteroatoms. The Labute approximate surface area is 293 Å². The van der Waals surface area contributed by atoms with Crippen molar-refractivity contribution in [3.05, 3.63) is 189 Å². The van der Waals surface area contributed by atoms with Gasteiger partial charge in [0.25, 0.3) is 0 Å². The van der Waals surface area contributed by atoms with Crippen LogP contribution < -0.4 is 31.8 Å². The van der Waals surface area contributed by atoms with Crippen molar-refractivity contribution in [1.82, 2.24) is 0 Å². The van der Waals surface area contributed by atoms with Gasteiger partial charge in [-0.25, -0.2) is 4.89 Å². The molecule has 0 fully saturated rings. The predicted octanol–water partition coefficient (Wildman–Crippen LogP) is 8.61. The molecule has 2 nitrogen and oxygen atoms in total. The van der Waals surface area contributed by atoms with Crippen LogP contribution in [0.5, 0.6) is 0 Å². The Morgan fingerprint density at radius 2 is 0.500 bits per heavy atom. The maximum absolute atomic E-state index is 7.90. The average Bonchev–Trinajstić information content (AvgIpc) is 3.08. The van der Waals surface area contributed by atoms with Gasteiger partial charge in [-0.15, -0.1) is 0 Å². The van der Waals surface area contributed by atoms with Gasteiger partial charge in [0.2, 0.25) is 0 Å². The maximum atomic E-state index is 7.90. The maximum Gasteiger partial charge on any atom is 0.0949 e. The largest absolute Gasteiger partial charge is 0.358 e. The summed E-state index contributed by atoms with van der Waals surface area (Å²) in [6.45, 7) is 5.31. The van der Waals surface area contributed by atoms with Gasteiger partial charge in [-0.3, -0.25) is 5.26 Å². The standard InChI is InChI=1S/2C18H15P.C4H10O2.CH3.Pt/c2*1-4-10-16(11-5-1)19(17-12-6-2-7-13-17)18-14-8-3-9-15-18;1-4(2,3)6-5;;/h2*1-15H;5H,1-3H3;1H3;/q;;;-1;. The molecule has 1 N–H and O–H groups in total. The van der Waals surface area contributed by atoms with Crippen molar-refractivity contribution >= 4 is 47.7 Å². The topological polar surface area (TPSA) is 29.5 Å². The minimum atomic E-state index is -0.446. The first-order valence-corrected chi connectivity index (χ1v) is 17.4. The molecule has 0 spiro atoms. The van der Waals surface area contributed by atoms with Gasteiger partial charge < -0.3 is 7.43 Å². The van der Waals surface area contributed by atoms with Crippen molar-refractivity contribution in [3.63, 3.8) is 0 Å². The third kappa shape index (κ3) is 12.5. The van der Waals surface area contributed by atoms with E-state index in [4.69, 9.17) is 5.26 Å².